The number of carboxylic acids is 1. The Labute approximate surface area is 88.0 Å². The van der Waals surface area contributed by atoms with Gasteiger partial charge in [0.25, 0.3) is 0 Å². The Morgan fingerprint density at radius 2 is 2.20 bits per heavy atom. The third-order valence-electron chi connectivity index (χ3n) is 1.89. The molecular weight excluding hydrogens is 192 g/mol. The SMILES string of the molecule is C=CCc1cc(C=CC(=O)O)ccc1O. The van der Waals surface area contributed by atoms with Crippen LogP contribution in [0.4, 0.5) is 0 Å². The van der Waals surface area contributed by atoms with Crippen LogP contribution in [0.1, 0.15) is 11.1 Å². The van der Waals surface area contributed by atoms with Crippen molar-refractivity contribution in [1.82, 2.24) is 0 Å². The maximum Gasteiger partial charge on any atom is 0.328 e. The maximum absolute atomic E-state index is 10.3. The van der Waals surface area contributed by atoms with E-state index in [2.05, 4.69) is 6.58 Å². The van der Waals surface area contributed by atoms with Gasteiger partial charge in [-0.3, -0.25) is 0 Å². The molecule has 0 unspecified atom stereocenters. The normalized spacial score (nSPS) is 10.4. The fraction of sp³-hybridized carbons (Fsp3) is 0.0833. The lowest BCUT2D eigenvalue weighted by atomic mass is 10.1. The Bertz CT molecular complexity index is 405. The van der Waals surface area contributed by atoms with Crippen molar-refractivity contribution in [3.63, 3.8) is 0 Å². The Morgan fingerprint density at radius 3 is 2.80 bits per heavy atom. The van der Waals surface area contributed by atoms with Gasteiger partial charge in [0, 0.05) is 6.08 Å². The number of phenolic OH excluding ortho intramolecular Hbond substituents is 1. The summed E-state index contributed by atoms with van der Waals surface area (Å²) in [6.07, 6.45) is 4.78. The molecule has 0 atom stereocenters. The van der Waals surface area contributed by atoms with Crippen molar-refractivity contribution >= 4 is 12.0 Å². The molecule has 0 heterocycles. The number of carbonyl (C=O) groups is 1. The molecule has 2 N–H and O–H groups in total. The molecule has 1 aromatic rings. The monoisotopic (exact) mass is 204 g/mol. The number of hydrogen-bond donors (Lipinski definition) is 2. The van der Waals surface area contributed by atoms with Crippen LogP contribution in [0.2, 0.25) is 0 Å². The highest BCUT2D eigenvalue weighted by molar-refractivity contribution is 5.85. The van der Waals surface area contributed by atoms with Gasteiger partial charge in [-0.1, -0.05) is 12.1 Å². The number of phenols is 1. The molecule has 15 heavy (non-hydrogen) atoms. The molecule has 0 amide bonds. The standard InChI is InChI=1S/C12H12O3/c1-2-3-10-8-9(4-6-11(10)13)5-7-12(14)15/h2,4-8,13H,1,3H2,(H,14,15). The van der Waals surface area contributed by atoms with Crippen LogP contribution in [0, 0.1) is 0 Å². The van der Waals surface area contributed by atoms with E-state index in [0.29, 0.717) is 6.42 Å². The van der Waals surface area contributed by atoms with Crippen molar-refractivity contribution in [2.75, 3.05) is 0 Å². The van der Waals surface area contributed by atoms with E-state index in [9.17, 15) is 9.90 Å². The van der Waals surface area contributed by atoms with E-state index in [0.717, 1.165) is 17.2 Å². The first-order valence-electron chi connectivity index (χ1n) is 4.47. The number of hydrogen-bond acceptors (Lipinski definition) is 2. The molecule has 0 fully saturated rings. The highest BCUT2D eigenvalue weighted by Gasteiger charge is 1.99. The predicted octanol–water partition coefficient (Wildman–Crippen LogP) is 2.22. The van der Waals surface area contributed by atoms with Crippen molar-refractivity contribution in [3.8, 4) is 5.75 Å². The second kappa shape index (κ2) is 5.00. The number of allylic oxidation sites excluding steroid dienone is 1. The summed E-state index contributed by atoms with van der Waals surface area (Å²) < 4.78 is 0. The van der Waals surface area contributed by atoms with Crippen LogP contribution in [0.3, 0.4) is 0 Å². The summed E-state index contributed by atoms with van der Waals surface area (Å²) in [5, 5.41) is 17.9. The molecule has 1 aromatic carbocycles. The van der Waals surface area contributed by atoms with Gasteiger partial charge in [-0.25, -0.2) is 4.79 Å². The lowest BCUT2D eigenvalue weighted by molar-refractivity contribution is -0.131. The lowest BCUT2D eigenvalue weighted by Crippen LogP contribution is -1.87. The molecule has 3 nitrogen and oxygen atoms in total. The van der Waals surface area contributed by atoms with Crippen LogP contribution in [0.5, 0.6) is 5.75 Å². The Hall–Kier alpha value is -2.03. The van der Waals surface area contributed by atoms with Crippen LogP contribution < -0.4 is 0 Å². The highest BCUT2D eigenvalue weighted by Crippen LogP contribution is 2.19. The second-order valence-corrected chi connectivity index (χ2v) is 3.05. The molecule has 3 heteroatoms. The molecule has 0 radical (unpaired) electrons. The lowest BCUT2D eigenvalue weighted by Gasteiger charge is -2.02. The van der Waals surface area contributed by atoms with E-state index in [1.165, 1.54) is 6.08 Å². The molecule has 78 valence electrons. The number of benzene rings is 1. The predicted molar refractivity (Wildman–Crippen MR) is 58.7 cm³/mol. The molecule has 1 rings (SSSR count). The van der Waals surface area contributed by atoms with E-state index < -0.39 is 5.97 Å². The second-order valence-electron chi connectivity index (χ2n) is 3.05. The minimum absolute atomic E-state index is 0.197. The van der Waals surface area contributed by atoms with Crippen molar-refractivity contribution in [1.29, 1.82) is 0 Å². The summed E-state index contributed by atoms with van der Waals surface area (Å²) in [7, 11) is 0. The molecule has 0 aliphatic heterocycles. The smallest absolute Gasteiger partial charge is 0.328 e. The summed E-state index contributed by atoms with van der Waals surface area (Å²) in [5.74, 6) is -0.796. The zero-order valence-corrected chi connectivity index (χ0v) is 8.18. The van der Waals surface area contributed by atoms with Crippen molar-refractivity contribution in [3.05, 3.63) is 48.1 Å². The third kappa shape index (κ3) is 3.31. The first-order chi connectivity index (χ1) is 7.13. The van der Waals surface area contributed by atoms with Gasteiger partial charge in [0.2, 0.25) is 0 Å². The summed E-state index contributed by atoms with van der Waals surface area (Å²) >= 11 is 0. The highest BCUT2D eigenvalue weighted by atomic mass is 16.4. The molecule has 0 aromatic heterocycles. The van der Waals surface area contributed by atoms with Crippen molar-refractivity contribution in [2.24, 2.45) is 0 Å². The summed E-state index contributed by atoms with van der Waals surface area (Å²) in [6.45, 7) is 3.58. The fourth-order valence-electron chi connectivity index (χ4n) is 1.20. The van der Waals surface area contributed by atoms with Crippen LogP contribution in [-0.4, -0.2) is 16.2 Å². The first kappa shape index (κ1) is 11.0. The molecule has 0 bridgehead atoms. The average molecular weight is 204 g/mol. The molecular formula is C12H12O3. The van der Waals surface area contributed by atoms with Gasteiger partial charge in [-0.2, -0.15) is 0 Å². The van der Waals surface area contributed by atoms with Crippen molar-refractivity contribution in [2.45, 2.75) is 6.42 Å². The quantitative estimate of drug-likeness (QED) is 0.584. The van der Waals surface area contributed by atoms with E-state index in [1.54, 1.807) is 24.3 Å². The Kier molecular flexibility index (Phi) is 3.68. The largest absolute Gasteiger partial charge is 0.508 e. The van der Waals surface area contributed by atoms with Gasteiger partial charge >= 0.3 is 5.97 Å². The summed E-state index contributed by atoms with van der Waals surface area (Å²) in [5.41, 5.74) is 1.48. The molecule has 0 aliphatic carbocycles. The van der Waals surface area contributed by atoms with Gasteiger partial charge in [-0.15, -0.1) is 6.58 Å². The summed E-state index contributed by atoms with van der Waals surface area (Å²) in [6, 6.07) is 4.93. The number of carboxylic acid groups (broad SMARTS) is 1. The maximum atomic E-state index is 10.3. The Balaban J connectivity index is 2.96. The van der Waals surface area contributed by atoms with Gasteiger partial charge < -0.3 is 10.2 Å². The van der Waals surface area contributed by atoms with Gasteiger partial charge in [0.1, 0.15) is 5.75 Å². The molecule has 0 saturated heterocycles. The van der Waals surface area contributed by atoms with E-state index in [4.69, 9.17) is 5.11 Å². The van der Waals surface area contributed by atoms with E-state index in [1.807, 2.05) is 0 Å². The topological polar surface area (TPSA) is 57.5 Å². The third-order valence-corrected chi connectivity index (χ3v) is 1.89. The minimum atomic E-state index is -0.992. The first-order valence-corrected chi connectivity index (χ1v) is 4.47. The van der Waals surface area contributed by atoms with Crippen LogP contribution in [-0.2, 0) is 11.2 Å². The van der Waals surface area contributed by atoms with Gasteiger partial charge in [0.15, 0.2) is 0 Å². The van der Waals surface area contributed by atoms with E-state index >= 15 is 0 Å². The fourth-order valence-corrected chi connectivity index (χ4v) is 1.20. The van der Waals surface area contributed by atoms with Crippen LogP contribution in [0.15, 0.2) is 36.9 Å². The average Bonchev–Trinajstić information content (AvgIpc) is 2.19. The number of aliphatic carboxylic acids is 1. The number of rotatable bonds is 4. The van der Waals surface area contributed by atoms with Crippen LogP contribution >= 0.6 is 0 Å². The molecule has 0 aliphatic rings. The van der Waals surface area contributed by atoms with Crippen LogP contribution in [0.25, 0.3) is 6.08 Å². The Morgan fingerprint density at radius 1 is 1.47 bits per heavy atom. The summed E-state index contributed by atoms with van der Waals surface area (Å²) in [4.78, 5) is 10.3. The zero-order valence-electron chi connectivity index (χ0n) is 8.18. The number of aromatic hydroxyl groups is 1. The van der Waals surface area contributed by atoms with Gasteiger partial charge in [-0.05, 0) is 35.8 Å². The minimum Gasteiger partial charge on any atom is -0.508 e. The zero-order chi connectivity index (χ0) is 11.3. The van der Waals surface area contributed by atoms with E-state index in [-0.39, 0.29) is 5.75 Å². The molecule has 0 saturated carbocycles. The van der Waals surface area contributed by atoms with Gasteiger partial charge in [0.05, 0.1) is 0 Å². The van der Waals surface area contributed by atoms with Crippen molar-refractivity contribution < 1.29 is 15.0 Å². The molecule has 0 spiro atoms.